The highest BCUT2D eigenvalue weighted by atomic mass is 16.3. The van der Waals surface area contributed by atoms with Crippen molar-refractivity contribution in [1.82, 2.24) is 4.98 Å². The number of β-amino-alcohol motifs (C(OH)–C–C–N with tert-alkyl or cyclic N) is 1. The molecule has 1 aliphatic heterocycles. The fourth-order valence-electron chi connectivity index (χ4n) is 1.53. The molecule has 1 saturated heterocycles. The number of hydrogen-bond acceptors (Lipinski definition) is 4. The smallest absolute Gasteiger partial charge is 0.128 e. The van der Waals surface area contributed by atoms with Gasteiger partial charge in [-0.1, -0.05) is 0 Å². The molecule has 1 aliphatic rings. The van der Waals surface area contributed by atoms with Crippen LogP contribution in [0.25, 0.3) is 0 Å². The summed E-state index contributed by atoms with van der Waals surface area (Å²) in [5.74, 6) is 0.894. The van der Waals surface area contributed by atoms with Crippen molar-refractivity contribution in [3.8, 4) is 0 Å². The minimum atomic E-state index is -0.209. The predicted molar refractivity (Wildman–Crippen MR) is 51.5 cm³/mol. The number of aromatic nitrogens is 1. The van der Waals surface area contributed by atoms with Crippen LogP contribution in [0.4, 0.5) is 11.5 Å². The first-order valence-corrected chi connectivity index (χ1v) is 4.40. The molecule has 1 aromatic heterocycles. The van der Waals surface area contributed by atoms with Gasteiger partial charge in [-0.2, -0.15) is 0 Å². The van der Waals surface area contributed by atoms with E-state index in [2.05, 4.69) is 9.88 Å². The highest BCUT2D eigenvalue weighted by Gasteiger charge is 2.20. The van der Waals surface area contributed by atoms with Gasteiger partial charge in [-0.3, -0.25) is 0 Å². The van der Waals surface area contributed by atoms with Crippen LogP contribution in [0, 0.1) is 0 Å². The lowest BCUT2D eigenvalue weighted by Gasteiger charge is -2.15. The molecule has 1 fully saturated rings. The Bertz CT molecular complexity index is 285. The van der Waals surface area contributed by atoms with Crippen LogP contribution < -0.4 is 10.6 Å². The first-order valence-electron chi connectivity index (χ1n) is 4.40. The molecule has 3 N–H and O–H groups in total. The monoisotopic (exact) mass is 179 g/mol. The summed E-state index contributed by atoms with van der Waals surface area (Å²) in [7, 11) is 0. The Labute approximate surface area is 77.0 Å². The van der Waals surface area contributed by atoms with Crippen molar-refractivity contribution in [1.29, 1.82) is 0 Å². The SMILES string of the molecule is Nc1ccc(N2CCC(O)C2)nc1. The molecule has 0 radical (unpaired) electrons. The number of nitrogens with zero attached hydrogens (tertiary/aromatic N) is 2. The number of hydrogen-bond donors (Lipinski definition) is 2. The highest BCUT2D eigenvalue weighted by molar-refractivity contribution is 5.46. The van der Waals surface area contributed by atoms with Crippen LogP contribution in [0.3, 0.4) is 0 Å². The van der Waals surface area contributed by atoms with Crippen LogP contribution in [-0.4, -0.2) is 29.3 Å². The molecule has 4 heteroatoms. The maximum atomic E-state index is 9.32. The van der Waals surface area contributed by atoms with E-state index < -0.39 is 0 Å². The van der Waals surface area contributed by atoms with E-state index in [9.17, 15) is 5.11 Å². The minimum Gasteiger partial charge on any atom is -0.397 e. The zero-order valence-corrected chi connectivity index (χ0v) is 7.35. The summed E-state index contributed by atoms with van der Waals surface area (Å²) in [5.41, 5.74) is 6.19. The van der Waals surface area contributed by atoms with Crippen LogP contribution in [0.2, 0.25) is 0 Å². The third-order valence-corrected chi connectivity index (χ3v) is 2.26. The summed E-state index contributed by atoms with van der Waals surface area (Å²) in [6, 6.07) is 3.71. The Morgan fingerprint density at radius 1 is 1.54 bits per heavy atom. The minimum absolute atomic E-state index is 0.209. The summed E-state index contributed by atoms with van der Waals surface area (Å²) < 4.78 is 0. The number of aliphatic hydroxyl groups excluding tert-OH is 1. The Morgan fingerprint density at radius 3 is 2.92 bits per heavy atom. The van der Waals surface area contributed by atoms with Crippen LogP contribution in [-0.2, 0) is 0 Å². The van der Waals surface area contributed by atoms with Gasteiger partial charge in [0.05, 0.1) is 18.0 Å². The largest absolute Gasteiger partial charge is 0.397 e. The number of rotatable bonds is 1. The number of pyridine rings is 1. The van der Waals surface area contributed by atoms with Crippen molar-refractivity contribution >= 4 is 11.5 Å². The van der Waals surface area contributed by atoms with Gasteiger partial charge < -0.3 is 15.7 Å². The van der Waals surface area contributed by atoms with Gasteiger partial charge >= 0.3 is 0 Å². The second-order valence-electron chi connectivity index (χ2n) is 3.34. The maximum absolute atomic E-state index is 9.32. The lowest BCUT2D eigenvalue weighted by molar-refractivity contribution is 0.198. The van der Waals surface area contributed by atoms with Gasteiger partial charge in [-0.15, -0.1) is 0 Å². The van der Waals surface area contributed by atoms with Gasteiger partial charge in [-0.05, 0) is 18.6 Å². The van der Waals surface area contributed by atoms with Crippen LogP contribution in [0.5, 0.6) is 0 Å². The normalized spacial score (nSPS) is 22.2. The van der Waals surface area contributed by atoms with Gasteiger partial charge in [0.1, 0.15) is 5.82 Å². The Kier molecular flexibility index (Phi) is 2.06. The third kappa shape index (κ3) is 1.72. The average Bonchev–Trinajstić information content (AvgIpc) is 2.53. The molecular formula is C9H13N3O. The van der Waals surface area contributed by atoms with Gasteiger partial charge in [0.2, 0.25) is 0 Å². The third-order valence-electron chi connectivity index (χ3n) is 2.26. The van der Waals surface area contributed by atoms with Crippen LogP contribution in [0.1, 0.15) is 6.42 Å². The van der Waals surface area contributed by atoms with Crippen molar-refractivity contribution in [3.05, 3.63) is 18.3 Å². The maximum Gasteiger partial charge on any atom is 0.128 e. The van der Waals surface area contributed by atoms with Crippen molar-refractivity contribution in [2.45, 2.75) is 12.5 Å². The van der Waals surface area contributed by atoms with Crippen LogP contribution in [0.15, 0.2) is 18.3 Å². The van der Waals surface area contributed by atoms with Crippen molar-refractivity contribution < 1.29 is 5.11 Å². The zero-order chi connectivity index (χ0) is 9.26. The van der Waals surface area contributed by atoms with Gasteiger partial charge in [0, 0.05) is 13.1 Å². The van der Waals surface area contributed by atoms with E-state index in [0.29, 0.717) is 12.2 Å². The van der Waals surface area contributed by atoms with Gasteiger partial charge in [0.25, 0.3) is 0 Å². The van der Waals surface area contributed by atoms with Gasteiger partial charge in [-0.25, -0.2) is 4.98 Å². The lowest BCUT2D eigenvalue weighted by Crippen LogP contribution is -2.22. The average molecular weight is 179 g/mol. The molecule has 2 rings (SSSR count). The molecule has 2 heterocycles. The quantitative estimate of drug-likeness (QED) is 0.648. The van der Waals surface area contributed by atoms with E-state index in [1.54, 1.807) is 6.20 Å². The summed E-state index contributed by atoms with van der Waals surface area (Å²) in [6.45, 7) is 1.55. The van der Waals surface area contributed by atoms with E-state index in [4.69, 9.17) is 5.73 Å². The van der Waals surface area contributed by atoms with Crippen LogP contribution >= 0.6 is 0 Å². The van der Waals surface area contributed by atoms with Crippen molar-refractivity contribution in [3.63, 3.8) is 0 Å². The summed E-state index contributed by atoms with van der Waals surface area (Å²) in [6.07, 6.45) is 2.26. The molecule has 1 atom stereocenters. The number of anilines is 2. The fraction of sp³-hybridized carbons (Fsp3) is 0.444. The highest BCUT2D eigenvalue weighted by Crippen LogP contribution is 2.18. The number of aliphatic hydroxyl groups is 1. The molecule has 0 amide bonds. The first kappa shape index (κ1) is 8.31. The Morgan fingerprint density at radius 2 is 2.38 bits per heavy atom. The van der Waals surface area contributed by atoms with E-state index in [1.165, 1.54) is 0 Å². The molecular weight excluding hydrogens is 166 g/mol. The molecule has 0 aromatic carbocycles. The van der Waals surface area contributed by atoms with Crippen molar-refractivity contribution in [2.75, 3.05) is 23.7 Å². The molecule has 70 valence electrons. The summed E-state index contributed by atoms with van der Waals surface area (Å²) >= 11 is 0. The molecule has 4 nitrogen and oxygen atoms in total. The number of nitrogen functional groups attached to an aromatic ring is 1. The van der Waals surface area contributed by atoms with E-state index >= 15 is 0 Å². The van der Waals surface area contributed by atoms with Gasteiger partial charge in [0.15, 0.2) is 0 Å². The van der Waals surface area contributed by atoms with E-state index in [0.717, 1.165) is 18.8 Å². The topological polar surface area (TPSA) is 62.4 Å². The molecule has 0 spiro atoms. The molecule has 0 saturated carbocycles. The fourth-order valence-corrected chi connectivity index (χ4v) is 1.53. The molecule has 1 unspecified atom stereocenters. The first-order chi connectivity index (χ1) is 6.25. The Balaban J connectivity index is 2.13. The second-order valence-corrected chi connectivity index (χ2v) is 3.34. The standard InChI is InChI=1S/C9H13N3O/c10-7-1-2-9(11-5-7)12-4-3-8(13)6-12/h1-2,5,8,13H,3-4,6,10H2. The molecule has 1 aromatic rings. The molecule has 0 aliphatic carbocycles. The molecule has 13 heavy (non-hydrogen) atoms. The lowest BCUT2D eigenvalue weighted by atomic mass is 10.3. The summed E-state index contributed by atoms with van der Waals surface area (Å²) in [4.78, 5) is 6.24. The molecule has 0 bridgehead atoms. The predicted octanol–water partition coefficient (Wildman–Crippen LogP) is 0.235. The van der Waals surface area contributed by atoms with Crippen molar-refractivity contribution in [2.24, 2.45) is 0 Å². The van der Waals surface area contributed by atoms with E-state index in [1.807, 2.05) is 12.1 Å². The summed E-state index contributed by atoms with van der Waals surface area (Å²) in [5, 5.41) is 9.32. The Hall–Kier alpha value is -1.29. The number of nitrogens with two attached hydrogens (primary N) is 1. The zero-order valence-electron chi connectivity index (χ0n) is 7.35. The van der Waals surface area contributed by atoms with E-state index in [-0.39, 0.29) is 6.10 Å². The second kappa shape index (κ2) is 3.22.